The van der Waals surface area contributed by atoms with Gasteiger partial charge in [-0.3, -0.25) is 4.79 Å². The third-order valence-electron chi connectivity index (χ3n) is 3.21. The smallest absolute Gasteiger partial charge is 0.150 e. The second kappa shape index (κ2) is 5.91. The summed E-state index contributed by atoms with van der Waals surface area (Å²) in [4.78, 5) is 10.6. The van der Waals surface area contributed by atoms with Crippen LogP contribution in [0, 0.1) is 0 Å². The zero-order chi connectivity index (χ0) is 14.6. The molecule has 2 aromatic rings. The minimum Gasteiger partial charge on any atom is -0.489 e. The van der Waals surface area contributed by atoms with Crippen LogP contribution in [-0.4, -0.2) is 6.29 Å². The molecule has 0 atom stereocenters. The molecule has 0 spiro atoms. The van der Waals surface area contributed by atoms with Crippen LogP contribution in [0.15, 0.2) is 48.5 Å². The molecular formula is C18H20O2. The van der Waals surface area contributed by atoms with Crippen LogP contribution in [0.25, 0.3) is 0 Å². The van der Waals surface area contributed by atoms with E-state index in [1.807, 2.05) is 30.3 Å². The molecule has 2 heteroatoms. The Morgan fingerprint density at radius 3 is 2.25 bits per heavy atom. The average molecular weight is 268 g/mol. The molecular weight excluding hydrogens is 248 g/mol. The summed E-state index contributed by atoms with van der Waals surface area (Å²) in [6.07, 6.45) is 0.847. The molecule has 20 heavy (non-hydrogen) atoms. The molecule has 0 aliphatic rings. The van der Waals surface area contributed by atoms with Crippen molar-refractivity contribution in [3.05, 3.63) is 65.2 Å². The van der Waals surface area contributed by atoms with Crippen molar-refractivity contribution in [3.8, 4) is 5.75 Å². The summed E-state index contributed by atoms with van der Waals surface area (Å²) in [5.41, 5.74) is 2.99. The van der Waals surface area contributed by atoms with Crippen LogP contribution in [0.4, 0.5) is 0 Å². The molecule has 0 saturated carbocycles. The number of benzene rings is 2. The van der Waals surface area contributed by atoms with Crippen molar-refractivity contribution in [2.75, 3.05) is 0 Å². The van der Waals surface area contributed by atoms with E-state index in [0.717, 1.165) is 17.6 Å². The monoisotopic (exact) mass is 268 g/mol. The van der Waals surface area contributed by atoms with Gasteiger partial charge < -0.3 is 4.74 Å². The first-order chi connectivity index (χ1) is 9.50. The normalized spacial score (nSPS) is 11.2. The van der Waals surface area contributed by atoms with Crippen molar-refractivity contribution in [1.82, 2.24) is 0 Å². The number of carbonyl (C=O) groups is 1. The number of hydrogen-bond donors (Lipinski definition) is 0. The first-order valence-electron chi connectivity index (χ1n) is 6.77. The van der Waals surface area contributed by atoms with Gasteiger partial charge in [-0.1, -0.05) is 63.2 Å². The first-order valence-corrected chi connectivity index (χ1v) is 6.77. The Labute approximate surface area is 120 Å². The van der Waals surface area contributed by atoms with E-state index in [0.29, 0.717) is 12.2 Å². The van der Waals surface area contributed by atoms with Gasteiger partial charge in [0, 0.05) is 5.56 Å². The van der Waals surface area contributed by atoms with Gasteiger partial charge in [-0.05, 0) is 22.6 Å². The highest BCUT2D eigenvalue weighted by atomic mass is 16.5. The Hall–Kier alpha value is -2.09. The lowest BCUT2D eigenvalue weighted by molar-refractivity contribution is 0.112. The molecule has 0 N–H and O–H groups in total. The molecule has 104 valence electrons. The van der Waals surface area contributed by atoms with Gasteiger partial charge in [-0.2, -0.15) is 0 Å². The largest absolute Gasteiger partial charge is 0.489 e. The molecule has 0 amide bonds. The SMILES string of the molecule is CC(C)(C)c1ccccc1OCc1ccc(C=O)cc1. The number of para-hydroxylation sites is 1. The molecule has 0 aliphatic heterocycles. The van der Waals surface area contributed by atoms with Crippen LogP contribution in [-0.2, 0) is 12.0 Å². The van der Waals surface area contributed by atoms with Gasteiger partial charge in [0.2, 0.25) is 0 Å². The molecule has 0 aliphatic carbocycles. The van der Waals surface area contributed by atoms with Crippen LogP contribution >= 0.6 is 0 Å². The van der Waals surface area contributed by atoms with E-state index in [1.54, 1.807) is 12.1 Å². The van der Waals surface area contributed by atoms with Gasteiger partial charge in [0.1, 0.15) is 18.6 Å². The fourth-order valence-corrected chi connectivity index (χ4v) is 2.07. The highest BCUT2D eigenvalue weighted by molar-refractivity contribution is 5.74. The van der Waals surface area contributed by atoms with Gasteiger partial charge in [0.25, 0.3) is 0 Å². The van der Waals surface area contributed by atoms with Crippen LogP contribution in [0.5, 0.6) is 5.75 Å². The standard InChI is InChI=1S/C18H20O2/c1-18(2,3)16-6-4-5-7-17(16)20-13-15-10-8-14(12-19)9-11-15/h4-12H,13H2,1-3H3. The molecule has 0 aromatic heterocycles. The van der Waals surface area contributed by atoms with E-state index in [-0.39, 0.29) is 5.41 Å². The average Bonchev–Trinajstić information content (AvgIpc) is 2.45. The van der Waals surface area contributed by atoms with Crippen molar-refractivity contribution in [3.63, 3.8) is 0 Å². The quantitative estimate of drug-likeness (QED) is 0.769. The molecule has 0 bridgehead atoms. The summed E-state index contributed by atoms with van der Waals surface area (Å²) in [7, 11) is 0. The highest BCUT2D eigenvalue weighted by Crippen LogP contribution is 2.31. The topological polar surface area (TPSA) is 26.3 Å². The van der Waals surface area contributed by atoms with E-state index in [4.69, 9.17) is 4.74 Å². The summed E-state index contributed by atoms with van der Waals surface area (Å²) in [6, 6.07) is 15.6. The second-order valence-electron chi connectivity index (χ2n) is 5.89. The zero-order valence-corrected chi connectivity index (χ0v) is 12.2. The van der Waals surface area contributed by atoms with Crippen LogP contribution in [0.1, 0.15) is 42.3 Å². The second-order valence-corrected chi connectivity index (χ2v) is 5.89. The van der Waals surface area contributed by atoms with Crippen molar-refractivity contribution >= 4 is 6.29 Å². The van der Waals surface area contributed by atoms with Crippen molar-refractivity contribution < 1.29 is 9.53 Å². The van der Waals surface area contributed by atoms with Gasteiger partial charge in [0.05, 0.1) is 0 Å². The summed E-state index contributed by atoms with van der Waals surface area (Å²) in [5, 5.41) is 0. The van der Waals surface area contributed by atoms with Gasteiger partial charge in [-0.25, -0.2) is 0 Å². The van der Waals surface area contributed by atoms with Crippen molar-refractivity contribution in [1.29, 1.82) is 0 Å². The Morgan fingerprint density at radius 2 is 1.65 bits per heavy atom. The molecule has 0 fully saturated rings. The van der Waals surface area contributed by atoms with Crippen LogP contribution in [0.2, 0.25) is 0 Å². The zero-order valence-electron chi connectivity index (χ0n) is 12.2. The molecule has 2 aromatic carbocycles. The number of carbonyl (C=O) groups excluding carboxylic acids is 1. The van der Waals surface area contributed by atoms with Crippen LogP contribution < -0.4 is 4.74 Å². The number of hydrogen-bond acceptors (Lipinski definition) is 2. The van der Waals surface area contributed by atoms with E-state index >= 15 is 0 Å². The molecule has 2 nitrogen and oxygen atoms in total. The lowest BCUT2D eigenvalue weighted by atomic mass is 9.86. The van der Waals surface area contributed by atoms with Crippen LogP contribution in [0.3, 0.4) is 0 Å². The first kappa shape index (κ1) is 14.3. The predicted octanol–water partition coefficient (Wildman–Crippen LogP) is 4.38. The highest BCUT2D eigenvalue weighted by Gasteiger charge is 2.18. The molecule has 0 radical (unpaired) electrons. The van der Waals surface area contributed by atoms with Gasteiger partial charge in [-0.15, -0.1) is 0 Å². The number of ether oxygens (including phenoxy) is 1. The predicted molar refractivity (Wildman–Crippen MR) is 81.3 cm³/mol. The maximum absolute atomic E-state index is 10.6. The molecule has 0 saturated heterocycles. The van der Waals surface area contributed by atoms with Gasteiger partial charge >= 0.3 is 0 Å². The minimum atomic E-state index is 0.0535. The summed E-state index contributed by atoms with van der Waals surface area (Å²) in [5.74, 6) is 0.916. The van der Waals surface area contributed by atoms with E-state index < -0.39 is 0 Å². The lowest BCUT2D eigenvalue weighted by Crippen LogP contribution is -2.13. The lowest BCUT2D eigenvalue weighted by Gasteiger charge is -2.22. The molecule has 2 rings (SSSR count). The molecule has 0 heterocycles. The summed E-state index contributed by atoms with van der Waals surface area (Å²) in [6.45, 7) is 7.03. The third-order valence-corrected chi connectivity index (χ3v) is 3.21. The van der Waals surface area contributed by atoms with E-state index in [2.05, 4.69) is 26.8 Å². The maximum atomic E-state index is 10.6. The van der Waals surface area contributed by atoms with Crippen molar-refractivity contribution in [2.45, 2.75) is 32.8 Å². The fourth-order valence-electron chi connectivity index (χ4n) is 2.07. The Kier molecular flexibility index (Phi) is 4.23. The Balaban J connectivity index is 2.12. The number of aldehydes is 1. The Bertz CT molecular complexity index is 577. The van der Waals surface area contributed by atoms with E-state index in [1.165, 1.54) is 5.56 Å². The summed E-state index contributed by atoms with van der Waals surface area (Å²) >= 11 is 0. The van der Waals surface area contributed by atoms with Gasteiger partial charge in [0.15, 0.2) is 0 Å². The van der Waals surface area contributed by atoms with Crippen molar-refractivity contribution in [2.24, 2.45) is 0 Å². The third kappa shape index (κ3) is 3.47. The summed E-state index contributed by atoms with van der Waals surface area (Å²) < 4.78 is 5.93. The van der Waals surface area contributed by atoms with E-state index in [9.17, 15) is 4.79 Å². The number of rotatable bonds is 4. The fraction of sp³-hybridized carbons (Fsp3) is 0.278. The molecule has 0 unspecified atom stereocenters. The minimum absolute atomic E-state index is 0.0535. The maximum Gasteiger partial charge on any atom is 0.150 e. The Morgan fingerprint density at radius 1 is 1.00 bits per heavy atom.